The molecule has 0 spiro atoms. The molecule has 4 nitrogen and oxygen atoms in total. The molecular formula is C29H31Cl2FN2O2S. The van der Waals surface area contributed by atoms with Crippen molar-refractivity contribution in [3.05, 3.63) is 105 Å². The fourth-order valence-corrected chi connectivity index (χ4v) is 4.92. The zero-order chi connectivity index (χ0) is 26.8. The highest BCUT2D eigenvalue weighted by Crippen LogP contribution is 2.25. The third-order valence-corrected chi connectivity index (χ3v) is 7.43. The van der Waals surface area contributed by atoms with E-state index in [-0.39, 0.29) is 35.8 Å². The second-order valence-electron chi connectivity index (χ2n) is 9.23. The first-order valence-electron chi connectivity index (χ1n) is 12.1. The molecule has 0 saturated heterocycles. The van der Waals surface area contributed by atoms with Crippen LogP contribution in [0.25, 0.3) is 0 Å². The van der Waals surface area contributed by atoms with E-state index in [1.807, 2.05) is 50.2 Å². The summed E-state index contributed by atoms with van der Waals surface area (Å²) < 4.78 is 13.2. The molecule has 3 aromatic rings. The van der Waals surface area contributed by atoms with Crippen molar-refractivity contribution in [1.82, 2.24) is 10.2 Å². The molecule has 0 heterocycles. The molecule has 37 heavy (non-hydrogen) atoms. The standard InChI is InChI=1S/C29H31Cl2FN2O2S/c1-20(2)16-33-29(36)27(15-21-6-4-3-5-7-21)34(17-23-10-13-25(30)26(31)14-23)28(35)19-37-18-22-8-11-24(32)12-9-22/h3-14,20,27H,15-19H2,1-2H3,(H,33,36)/t27-/m0/s1. The predicted octanol–water partition coefficient (Wildman–Crippen LogP) is 6.78. The molecule has 8 heteroatoms. The van der Waals surface area contributed by atoms with Crippen molar-refractivity contribution >= 4 is 46.8 Å². The minimum Gasteiger partial charge on any atom is -0.354 e. The van der Waals surface area contributed by atoms with Crippen LogP contribution >= 0.6 is 35.0 Å². The van der Waals surface area contributed by atoms with E-state index < -0.39 is 6.04 Å². The average molecular weight is 562 g/mol. The molecule has 2 amide bonds. The van der Waals surface area contributed by atoms with Crippen LogP contribution < -0.4 is 5.32 Å². The Kier molecular flexibility index (Phi) is 11.3. The molecule has 0 radical (unpaired) electrons. The minimum absolute atomic E-state index is 0.168. The third kappa shape index (κ3) is 9.37. The Labute approximate surface area is 232 Å². The van der Waals surface area contributed by atoms with Gasteiger partial charge in [0, 0.05) is 25.3 Å². The van der Waals surface area contributed by atoms with Gasteiger partial charge in [0.15, 0.2) is 0 Å². The lowest BCUT2D eigenvalue weighted by molar-refractivity contribution is -0.139. The van der Waals surface area contributed by atoms with Crippen molar-refractivity contribution in [2.45, 2.75) is 38.6 Å². The lowest BCUT2D eigenvalue weighted by atomic mass is 10.0. The van der Waals surface area contributed by atoms with Crippen LogP contribution in [0.4, 0.5) is 4.39 Å². The molecule has 0 saturated carbocycles. The summed E-state index contributed by atoms with van der Waals surface area (Å²) in [6.07, 6.45) is 0.375. The Morgan fingerprint density at radius 3 is 2.24 bits per heavy atom. The number of rotatable bonds is 12. The van der Waals surface area contributed by atoms with Crippen LogP contribution in [-0.4, -0.2) is 35.1 Å². The summed E-state index contributed by atoms with van der Waals surface area (Å²) in [6.45, 7) is 4.77. The Morgan fingerprint density at radius 1 is 0.919 bits per heavy atom. The Morgan fingerprint density at radius 2 is 1.59 bits per heavy atom. The summed E-state index contributed by atoms with van der Waals surface area (Å²) in [5, 5.41) is 3.82. The average Bonchev–Trinajstić information content (AvgIpc) is 2.88. The number of amides is 2. The maximum atomic E-state index is 13.6. The molecule has 0 fully saturated rings. The van der Waals surface area contributed by atoms with E-state index in [0.29, 0.717) is 28.8 Å². The van der Waals surface area contributed by atoms with E-state index in [1.165, 1.54) is 23.9 Å². The SMILES string of the molecule is CC(C)CNC(=O)[C@H](Cc1ccccc1)N(Cc1ccc(Cl)c(Cl)c1)C(=O)CSCc1ccc(F)cc1. The highest BCUT2D eigenvalue weighted by Gasteiger charge is 2.30. The molecule has 0 aliphatic heterocycles. The van der Waals surface area contributed by atoms with E-state index in [9.17, 15) is 14.0 Å². The number of thioether (sulfide) groups is 1. The quantitative estimate of drug-likeness (QED) is 0.265. The van der Waals surface area contributed by atoms with Crippen molar-refractivity contribution in [2.24, 2.45) is 5.92 Å². The summed E-state index contributed by atoms with van der Waals surface area (Å²) in [6, 6.07) is 20.4. The number of hydrogen-bond donors (Lipinski definition) is 1. The highest BCUT2D eigenvalue weighted by molar-refractivity contribution is 7.99. The van der Waals surface area contributed by atoms with Crippen molar-refractivity contribution in [3.63, 3.8) is 0 Å². The zero-order valence-electron chi connectivity index (χ0n) is 20.9. The largest absolute Gasteiger partial charge is 0.354 e. The molecule has 3 rings (SSSR count). The summed E-state index contributed by atoms with van der Waals surface area (Å²) in [5.74, 6) is 0.325. The first-order valence-corrected chi connectivity index (χ1v) is 14.0. The molecule has 196 valence electrons. The van der Waals surface area contributed by atoms with Gasteiger partial charge in [-0.05, 0) is 46.9 Å². The van der Waals surface area contributed by atoms with Crippen molar-refractivity contribution in [1.29, 1.82) is 0 Å². The second kappa shape index (κ2) is 14.4. The highest BCUT2D eigenvalue weighted by atomic mass is 35.5. The smallest absolute Gasteiger partial charge is 0.243 e. The number of benzene rings is 3. The number of nitrogens with one attached hydrogen (secondary N) is 1. The fraction of sp³-hybridized carbons (Fsp3) is 0.310. The van der Waals surface area contributed by atoms with Gasteiger partial charge in [0.25, 0.3) is 0 Å². The molecular weight excluding hydrogens is 530 g/mol. The first-order chi connectivity index (χ1) is 17.7. The van der Waals surface area contributed by atoms with Crippen LogP contribution in [0.3, 0.4) is 0 Å². The Bertz CT molecular complexity index is 1180. The van der Waals surface area contributed by atoms with Crippen molar-refractivity contribution in [3.8, 4) is 0 Å². The second-order valence-corrected chi connectivity index (χ2v) is 11.0. The summed E-state index contributed by atoms with van der Waals surface area (Å²) in [7, 11) is 0. The van der Waals surface area contributed by atoms with Crippen LogP contribution in [0.1, 0.15) is 30.5 Å². The maximum Gasteiger partial charge on any atom is 0.243 e. The molecule has 0 bridgehead atoms. The fourth-order valence-electron chi connectivity index (χ4n) is 3.73. The molecule has 0 aromatic heterocycles. The van der Waals surface area contributed by atoms with Crippen LogP contribution in [0.15, 0.2) is 72.8 Å². The predicted molar refractivity (Wildman–Crippen MR) is 151 cm³/mol. The van der Waals surface area contributed by atoms with Crippen LogP contribution in [0.5, 0.6) is 0 Å². The maximum absolute atomic E-state index is 13.6. The number of carbonyl (C=O) groups is 2. The Hall–Kier alpha value is -2.54. The minimum atomic E-state index is -0.713. The topological polar surface area (TPSA) is 49.4 Å². The normalized spacial score (nSPS) is 11.8. The van der Waals surface area contributed by atoms with Gasteiger partial charge in [-0.3, -0.25) is 9.59 Å². The van der Waals surface area contributed by atoms with Crippen molar-refractivity contribution < 1.29 is 14.0 Å². The van der Waals surface area contributed by atoms with Gasteiger partial charge in [-0.2, -0.15) is 0 Å². The molecule has 3 aromatic carbocycles. The lowest BCUT2D eigenvalue weighted by Crippen LogP contribution is -2.51. The number of nitrogens with zero attached hydrogens (tertiary/aromatic N) is 1. The number of halogens is 3. The van der Waals surface area contributed by atoms with Gasteiger partial charge in [0.05, 0.1) is 15.8 Å². The van der Waals surface area contributed by atoms with Crippen LogP contribution in [0, 0.1) is 11.7 Å². The summed E-state index contributed by atoms with van der Waals surface area (Å²) in [5.41, 5.74) is 2.66. The van der Waals surface area contributed by atoms with E-state index in [2.05, 4.69) is 5.32 Å². The van der Waals surface area contributed by atoms with Crippen LogP contribution in [0.2, 0.25) is 10.0 Å². The van der Waals surface area contributed by atoms with E-state index >= 15 is 0 Å². The van der Waals surface area contributed by atoms with Crippen LogP contribution in [-0.2, 0) is 28.3 Å². The molecule has 0 aliphatic carbocycles. The summed E-state index contributed by atoms with van der Waals surface area (Å²) >= 11 is 13.8. The van der Waals surface area contributed by atoms with Gasteiger partial charge in [0.2, 0.25) is 11.8 Å². The molecule has 1 N–H and O–H groups in total. The van der Waals surface area contributed by atoms with Gasteiger partial charge in [-0.15, -0.1) is 11.8 Å². The zero-order valence-corrected chi connectivity index (χ0v) is 23.3. The van der Waals surface area contributed by atoms with Gasteiger partial charge < -0.3 is 10.2 Å². The van der Waals surface area contributed by atoms with Gasteiger partial charge in [-0.25, -0.2) is 4.39 Å². The van der Waals surface area contributed by atoms with Gasteiger partial charge >= 0.3 is 0 Å². The van der Waals surface area contributed by atoms with Crippen molar-refractivity contribution in [2.75, 3.05) is 12.3 Å². The van der Waals surface area contributed by atoms with Gasteiger partial charge in [-0.1, -0.05) is 85.6 Å². The van der Waals surface area contributed by atoms with E-state index in [1.54, 1.807) is 29.2 Å². The lowest BCUT2D eigenvalue weighted by Gasteiger charge is -2.32. The Balaban J connectivity index is 1.86. The van der Waals surface area contributed by atoms with Gasteiger partial charge in [0.1, 0.15) is 11.9 Å². The van der Waals surface area contributed by atoms with E-state index in [4.69, 9.17) is 23.2 Å². The third-order valence-electron chi connectivity index (χ3n) is 5.70. The molecule has 0 aliphatic rings. The number of carbonyl (C=O) groups excluding carboxylic acids is 2. The van der Waals surface area contributed by atoms with E-state index in [0.717, 1.165) is 16.7 Å². The first kappa shape index (κ1) is 29.0. The molecule has 0 unspecified atom stereocenters. The monoisotopic (exact) mass is 560 g/mol. The molecule has 1 atom stereocenters. The summed E-state index contributed by atoms with van der Waals surface area (Å²) in [4.78, 5) is 28.7. The number of hydrogen-bond acceptors (Lipinski definition) is 3.